The van der Waals surface area contributed by atoms with E-state index in [1.165, 1.54) is 44.6 Å². The van der Waals surface area contributed by atoms with Gasteiger partial charge >= 0.3 is 6.03 Å². The molecule has 0 fully saturated rings. The van der Waals surface area contributed by atoms with Crippen LogP contribution in [-0.2, 0) is 0 Å². The fraction of sp³-hybridized carbons (Fsp3) is 0.0909. The predicted octanol–water partition coefficient (Wildman–Crippen LogP) is 5.63. The SMILES string of the molecule is COc1cc(OC)c(NC(=O)N(S)c2ccc(NC(=O)c3ccc(F)cc3)cc2)cc1Cl. The Hall–Kier alpha value is -3.43. The molecule has 0 saturated heterocycles. The van der Waals surface area contributed by atoms with E-state index in [2.05, 4.69) is 23.4 Å². The van der Waals surface area contributed by atoms with Gasteiger partial charge < -0.3 is 20.1 Å². The molecule has 7 nitrogen and oxygen atoms in total. The first kappa shape index (κ1) is 23.2. The standard InChI is InChI=1S/C22H19ClFN3O4S/c1-30-19-12-20(31-2)18(11-17(19)23)26-22(29)27(32)16-9-7-15(8-10-16)25-21(28)13-3-5-14(24)6-4-13/h3-12,32H,1-2H3,(H,25,28)(H,26,29). The lowest BCUT2D eigenvalue weighted by molar-refractivity contribution is 0.102. The van der Waals surface area contributed by atoms with Gasteiger partial charge in [0.25, 0.3) is 5.91 Å². The van der Waals surface area contributed by atoms with Crippen LogP contribution < -0.4 is 24.4 Å². The average molecular weight is 476 g/mol. The normalized spacial score (nSPS) is 10.3. The van der Waals surface area contributed by atoms with Crippen LogP contribution in [0.4, 0.5) is 26.2 Å². The number of thiol groups is 1. The maximum atomic E-state index is 13.0. The van der Waals surface area contributed by atoms with Crippen LogP contribution in [0.1, 0.15) is 10.4 Å². The maximum Gasteiger partial charge on any atom is 0.336 e. The van der Waals surface area contributed by atoms with Gasteiger partial charge in [0.05, 0.1) is 30.6 Å². The molecule has 0 aromatic heterocycles. The number of amides is 3. The number of anilines is 3. The van der Waals surface area contributed by atoms with Gasteiger partial charge in [-0.25, -0.2) is 13.5 Å². The van der Waals surface area contributed by atoms with Crippen molar-refractivity contribution >= 4 is 53.4 Å². The summed E-state index contributed by atoms with van der Waals surface area (Å²) in [5.41, 5.74) is 1.60. The predicted molar refractivity (Wildman–Crippen MR) is 126 cm³/mol. The fourth-order valence-corrected chi connectivity index (χ4v) is 3.16. The quantitative estimate of drug-likeness (QED) is 0.403. The van der Waals surface area contributed by atoms with E-state index in [1.807, 2.05) is 0 Å². The minimum absolute atomic E-state index is 0.301. The van der Waals surface area contributed by atoms with Gasteiger partial charge in [-0.15, -0.1) is 0 Å². The van der Waals surface area contributed by atoms with E-state index in [4.69, 9.17) is 21.1 Å². The van der Waals surface area contributed by atoms with Gasteiger partial charge in [0.15, 0.2) is 0 Å². The van der Waals surface area contributed by atoms with Crippen molar-refractivity contribution in [1.82, 2.24) is 0 Å². The molecule has 0 aliphatic rings. The minimum Gasteiger partial charge on any atom is -0.495 e. The number of rotatable bonds is 6. The third kappa shape index (κ3) is 5.43. The van der Waals surface area contributed by atoms with Crippen LogP contribution in [0, 0.1) is 5.82 Å². The number of halogens is 2. The number of ether oxygens (including phenoxy) is 2. The van der Waals surface area contributed by atoms with E-state index in [0.29, 0.717) is 39.1 Å². The Morgan fingerprint density at radius 1 is 0.938 bits per heavy atom. The number of benzene rings is 3. The Morgan fingerprint density at radius 2 is 1.56 bits per heavy atom. The van der Waals surface area contributed by atoms with Gasteiger partial charge in [0.1, 0.15) is 17.3 Å². The van der Waals surface area contributed by atoms with Crippen molar-refractivity contribution in [3.05, 3.63) is 77.1 Å². The first-order valence-corrected chi connectivity index (χ1v) is 9.98. The zero-order valence-electron chi connectivity index (χ0n) is 17.1. The molecule has 0 aliphatic carbocycles. The number of urea groups is 1. The van der Waals surface area contributed by atoms with Crippen molar-refractivity contribution in [2.45, 2.75) is 0 Å². The van der Waals surface area contributed by atoms with Crippen LogP contribution in [0.15, 0.2) is 60.7 Å². The smallest absolute Gasteiger partial charge is 0.336 e. The highest BCUT2D eigenvalue weighted by Gasteiger charge is 2.17. The molecule has 0 aliphatic heterocycles. The van der Waals surface area contributed by atoms with E-state index in [1.54, 1.807) is 30.3 Å². The summed E-state index contributed by atoms with van der Waals surface area (Å²) in [7, 11) is 2.93. The van der Waals surface area contributed by atoms with Crippen LogP contribution in [0.5, 0.6) is 11.5 Å². The summed E-state index contributed by atoms with van der Waals surface area (Å²) < 4.78 is 24.5. The van der Waals surface area contributed by atoms with Crippen molar-refractivity contribution in [3.63, 3.8) is 0 Å². The zero-order valence-corrected chi connectivity index (χ0v) is 18.7. The average Bonchev–Trinajstić information content (AvgIpc) is 2.79. The van der Waals surface area contributed by atoms with Crippen molar-refractivity contribution in [2.75, 3.05) is 29.2 Å². The molecule has 2 N–H and O–H groups in total. The lowest BCUT2D eigenvalue weighted by atomic mass is 10.2. The number of carbonyl (C=O) groups excluding carboxylic acids is 2. The van der Waals surface area contributed by atoms with Gasteiger partial charge in [-0.2, -0.15) is 0 Å². The first-order valence-electron chi connectivity index (χ1n) is 9.21. The summed E-state index contributed by atoms with van der Waals surface area (Å²) >= 11 is 10.4. The third-order valence-corrected chi connectivity index (χ3v) is 5.09. The highest BCUT2D eigenvalue weighted by atomic mass is 35.5. The number of hydrogen-bond donors (Lipinski definition) is 3. The summed E-state index contributed by atoms with van der Waals surface area (Å²) in [5.74, 6) is -0.0445. The lowest BCUT2D eigenvalue weighted by Gasteiger charge is -2.19. The topological polar surface area (TPSA) is 79.9 Å². The van der Waals surface area contributed by atoms with E-state index in [-0.39, 0.29) is 5.91 Å². The summed E-state index contributed by atoms with van der Waals surface area (Å²) in [4.78, 5) is 24.9. The molecule has 0 atom stereocenters. The highest BCUT2D eigenvalue weighted by Crippen LogP contribution is 2.36. The second-order valence-corrected chi connectivity index (χ2v) is 7.24. The van der Waals surface area contributed by atoms with Crippen molar-refractivity contribution in [3.8, 4) is 11.5 Å². The van der Waals surface area contributed by atoms with Gasteiger partial charge in [-0.1, -0.05) is 24.4 Å². The molecule has 3 amide bonds. The molecule has 3 aromatic carbocycles. The van der Waals surface area contributed by atoms with Crippen LogP contribution in [0.2, 0.25) is 5.02 Å². The maximum absolute atomic E-state index is 13.0. The number of hydrogen-bond acceptors (Lipinski definition) is 5. The second kappa shape index (κ2) is 10.3. The Balaban J connectivity index is 1.68. The summed E-state index contributed by atoms with van der Waals surface area (Å²) in [6.07, 6.45) is 0. The molecule has 10 heteroatoms. The summed E-state index contributed by atoms with van der Waals surface area (Å²) in [6, 6.07) is 14.1. The zero-order chi connectivity index (χ0) is 23.3. The Bertz CT molecular complexity index is 1130. The Labute approximate surface area is 194 Å². The van der Waals surface area contributed by atoms with Crippen LogP contribution in [-0.4, -0.2) is 26.2 Å². The van der Waals surface area contributed by atoms with Crippen molar-refractivity contribution in [1.29, 1.82) is 0 Å². The Morgan fingerprint density at radius 3 is 2.16 bits per heavy atom. The van der Waals surface area contributed by atoms with Crippen molar-refractivity contribution < 1.29 is 23.5 Å². The molecule has 0 radical (unpaired) electrons. The Kier molecular flexibility index (Phi) is 7.45. The van der Waals surface area contributed by atoms with E-state index in [9.17, 15) is 14.0 Å². The van der Waals surface area contributed by atoms with E-state index < -0.39 is 11.8 Å². The third-order valence-electron chi connectivity index (χ3n) is 4.38. The second-order valence-electron chi connectivity index (χ2n) is 6.44. The van der Waals surface area contributed by atoms with Crippen LogP contribution in [0.3, 0.4) is 0 Å². The van der Waals surface area contributed by atoms with Gasteiger partial charge in [-0.05, 0) is 54.6 Å². The lowest BCUT2D eigenvalue weighted by Crippen LogP contribution is -2.27. The minimum atomic E-state index is -0.559. The van der Waals surface area contributed by atoms with Crippen LogP contribution in [0.25, 0.3) is 0 Å². The van der Waals surface area contributed by atoms with Gasteiger partial charge in [-0.3, -0.25) is 4.79 Å². The van der Waals surface area contributed by atoms with E-state index in [0.717, 1.165) is 4.31 Å². The highest BCUT2D eigenvalue weighted by molar-refractivity contribution is 7.82. The number of carbonyl (C=O) groups is 2. The van der Waals surface area contributed by atoms with Crippen molar-refractivity contribution in [2.24, 2.45) is 0 Å². The summed E-state index contributed by atoms with van der Waals surface area (Å²) in [5, 5.41) is 5.67. The molecule has 0 heterocycles. The number of nitrogens with zero attached hydrogens (tertiary/aromatic N) is 1. The largest absolute Gasteiger partial charge is 0.495 e. The summed E-state index contributed by atoms with van der Waals surface area (Å²) in [6.45, 7) is 0. The molecular weight excluding hydrogens is 457 g/mol. The fourth-order valence-electron chi connectivity index (χ4n) is 2.73. The number of nitrogens with one attached hydrogen (secondary N) is 2. The van der Waals surface area contributed by atoms with Crippen LogP contribution >= 0.6 is 24.4 Å². The molecule has 3 rings (SSSR count). The molecule has 32 heavy (non-hydrogen) atoms. The molecule has 0 spiro atoms. The first-order chi connectivity index (χ1) is 15.3. The van der Waals surface area contributed by atoms with E-state index >= 15 is 0 Å². The molecule has 3 aromatic rings. The molecule has 0 unspecified atom stereocenters. The molecule has 0 saturated carbocycles. The number of methoxy groups -OCH3 is 2. The molecular formula is C22H19ClFN3O4S. The molecule has 0 bridgehead atoms. The monoisotopic (exact) mass is 475 g/mol. The van der Waals surface area contributed by atoms with Gasteiger partial charge in [0, 0.05) is 17.3 Å². The molecule has 166 valence electrons. The van der Waals surface area contributed by atoms with Gasteiger partial charge in [0.2, 0.25) is 0 Å².